The summed E-state index contributed by atoms with van der Waals surface area (Å²) in [4.78, 5) is 17.7. The maximum absolute atomic E-state index is 11.8. The Morgan fingerprint density at radius 2 is 2.18 bits per heavy atom. The fourth-order valence-electron chi connectivity index (χ4n) is 1.68. The molecule has 0 radical (unpaired) electrons. The van der Waals surface area contributed by atoms with E-state index in [4.69, 9.17) is 0 Å². The van der Waals surface area contributed by atoms with Crippen molar-refractivity contribution in [2.24, 2.45) is 0 Å². The zero-order valence-corrected chi connectivity index (χ0v) is 10.8. The monoisotopic (exact) mass is 235 g/mol. The molecule has 0 bridgehead atoms. The number of carbonyl (C=O) groups excluding carboxylic acids is 1. The van der Waals surface area contributed by atoms with E-state index in [0.29, 0.717) is 6.54 Å². The summed E-state index contributed by atoms with van der Waals surface area (Å²) in [6, 6.07) is 4.05. The van der Waals surface area contributed by atoms with Crippen molar-refractivity contribution in [1.82, 2.24) is 15.2 Å². The Kier molecular flexibility index (Phi) is 5.63. The van der Waals surface area contributed by atoms with Gasteiger partial charge in [-0.05, 0) is 32.4 Å². The Bertz CT molecular complexity index is 336. The standard InChI is InChI=1S/C13H21N3O/c1-4-16(5-2)13(17)10-15-11(3)12-7-6-8-14-9-12/h6-9,11,15H,4-5,10H2,1-3H3/t11-/m0/s1. The van der Waals surface area contributed by atoms with Crippen molar-refractivity contribution in [3.05, 3.63) is 30.1 Å². The summed E-state index contributed by atoms with van der Waals surface area (Å²) in [5.41, 5.74) is 1.10. The van der Waals surface area contributed by atoms with E-state index >= 15 is 0 Å². The van der Waals surface area contributed by atoms with Crippen LogP contribution in [0.4, 0.5) is 0 Å². The molecule has 4 heteroatoms. The quantitative estimate of drug-likeness (QED) is 0.814. The molecular weight excluding hydrogens is 214 g/mol. The van der Waals surface area contributed by atoms with E-state index in [1.54, 1.807) is 6.20 Å². The van der Waals surface area contributed by atoms with Gasteiger partial charge < -0.3 is 10.2 Å². The van der Waals surface area contributed by atoms with Crippen LogP contribution < -0.4 is 5.32 Å². The maximum atomic E-state index is 11.8. The van der Waals surface area contributed by atoms with Gasteiger partial charge in [-0.3, -0.25) is 9.78 Å². The number of carbonyl (C=O) groups is 1. The smallest absolute Gasteiger partial charge is 0.236 e. The first-order valence-corrected chi connectivity index (χ1v) is 6.10. The van der Waals surface area contributed by atoms with Gasteiger partial charge in [0.05, 0.1) is 6.54 Å². The average molecular weight is 235 g/mol. The SMILES string of the molecule is CCN(CC)C(=O)CN[C@@H](C)c1cccnc1. The van der Waals surface area contributed by atoms with Gasteiger partial charge in [-0.2, -0.15) is 0 Å². The average Bonchev–Trinajstić information content (AvgIpc) is 2.38. The third-order valence-corrected chi connectivity index (χ3v) is 2.86. The van der Waals surface area contributed by atoms with Crippen LogP contribution in [-0.2, 0) is 4.79 Å². The molecule has 4 nitrogen and oxygen atoms in total. The Balaban J connectivity index is 2.43. The molecule has 1 aromatic heterocycles. The van der Waals surface area contributed by atoms with Gasteiger partial charge in [-0.15, -0.1) is 0 Å². The first-order valence-electron chi connectivity index (χ1n) is 6.10. The molecule has 1 heterocycles. The van der Waals surface area contributed by atoms with Crippen LogP contribution in [0.2, 0.25) is 0 Å². The molecule has 0 fully saturated rings. The molecule has 0 saturated heterocycles. The second-order valence-corrected chi connectivity index (χ2v) is 3.95. The molecule has 0 aromatic carbocycles. The molecule has 1 N–H and O–H groups in total. The Labute approximate surface area is 103 Å². The minimum Gasteiger partial charge on any atom is -0.342 e. The molecule has 1 aromatic rings. The van der Waals surface area contributed by atoms with Crippen LogP contribution in [-0.4, -0.2) is 35.4 Å². The Morgan fingerprint density at radius 1 is 1.47 bits per heavy atom. The third-order valence-electron chi connectivity index (χ3n) is 2.86. The lowest BCUT2D eigenvalue weighted by molar-refractivity contribution is -0.129. The summed E-state index contributed by atoms with van der Waals surface area (Å²) in [5, 5.41) is 3.22. The summed E-state index contributed by atoms with van der Waals surface area (Å²) in [6.07, 6.45) is 3.57. The van der Waals surface area contributed by atoms with Crippen LogP contribution >= 0.6 is 0 Å². The van der Waals surface area contributed by atoms with Gasteiger partial charge >= 0.3 is 0 Å². The minimum atomic E-state index is 0.142. The predicted octanol–water partition coefficient (Wildman–Crippen LogP) is 1.60. The third kappa shape index (κ3) is 4.15. The molecule has 0 unspecified atom stereocenters. The summed E-state index contributed by atoms with van der Waals surface area (Å²) < 4.78 is 0. The highest BCUT2D eigenvalue weighted by Crippen LogP contribution is 2.09. The van der Waals surface area contributed by atoms with Crippen molar-refractivity contribution < 1.29 is 4.79 Å². The number of hydrogen-bond donors (Lipinski definition) is 1. The molecule has 1 amide bonds. The van der Waals surface area contributed by atoms with E-state index in [2.05, 4.69) is 10.3 Å². The van der Waals surface area contributed by atoms with E-state index in [9.17, 15) is 4.79 Å². The lowest BCUT2D eigenvalue weighted by Crippen LogP contribution is -2.38. The van der Waals surface area contributed by atoms with Gasteiger partial charge in [-0.1, -0.05) is 6.07 Å². The maximum Gasteiger partial charge on any atom is 0.236 e. The van der Waals surface area contributed by atoms with Crippen LogP contribution in [0.5, 0.6) is 0 Å². The molecule has 94 valence electrons. The van der Waals surface area contributed by atoms with Crippen molar-refractivity contribution in [2.45, 2.75) is 26.8 Å². The highest BCUT2D eigenvalue weighted by molar-refractivity contribution is 5.78. The van der Waals surface area contributed by atoms with Gasteiger partial charge in [0.2, 0.25) is 5.91 Å². The molecular formula is C13H21N3O. The number of pyridine rings is 1. The number of nitrogens with zero attached hydrogens (tertiary/aromatic N) is 2. The minimum absolute atomic E-state index is 0.142. The fraction of sp³-hybridized carbons (Fsp3) is 0.538. The predicted molar refractivity (Wildman–Crippen MR) is 68.6 cm³/mol. The van der Waals surface area contributed by atoms with Crippen molar-refractivity contribution in [3.63, 3.8) is 0 Å². The largest absolute Gasteiger partial charge is 0.342 e. The molecule has 0 spiro atoms. The molecule has 1 rings (SSSR count). The highest BCUT2D eigenvalue weighted by Gasteiger charge is 2.11. The van der Waals surface area contributed by atoms with Crippen molar-refractivity contribution in [2.75, 3.05) is 19.6 Å². The van der Waals surface area contributed by atoms with Gasteiger partial charge in [0.25, 0.3) is 0 Å². The zero-order valence-electron chi connectivity index (χ0n) is 10.8. The number of amides is 1. The van der Waals surface area contributed by atoms with E-state index in [-0.39, 0.29) is 11.9 Å². The Morgan fingerprint density at radius 3 is 2.71 bits per heavy atom. The lowest BCUT2D eigenvalue weighted by Gasteiger charge is -2.20. The number of likely N-dealkylation sites (N-methyl/N-ethyl adjacent to an activating group) is 1. The lowest BCUT2D eigenvalue weighted by atomic mass is 10.1. The van der Waals surface area contributed by atoms with Gasteiger partial charge in [-0.25, -0.2) is 0 Å². The summed E-state index contributed by atoms with van der Waals surface area (Å²) >= 11 is 0. The number of aromatic nitrogens is 1. The number of rotatable bonds is 6. The van der Waals surface area contributed by atoms with E-state index in [1.165, 1.54) is 0 Å². The van der Waals surface area contributed by atoms with E-state index < -0.39 is 0 Å². The van der Waals surface area contributed by atoms with Crippen molar-refractivity contribution in [1.29, 1.82) is 0 Å². The summed E-state index contributed by atoms with van der Waals surface area (Å²) in [5.74, 6) is 0.144. The molecule has 1 atom stereocenters. The van der Waals surface area contributed by atoms with Gasteiger partial charge in [0, 0.05) is 31.5 Å². The normalized spacial score (nSPS) is 12.2. The second kappa shape index (κ2) is 7.01. The molecule has 0 aliphatic heterocycles. The van der Waals surface area contributed by atoms with E-state index in [0.717, 1.165) is 18.7 Å². The summed E-state index contributed by atoms with van der Waals surface area (Å²) in [7, 11) is 0. The van der Waals surface area contributed by atoms with Gasteiger partial charge in [0.1, 0.15) is 0 Å². The number of nitrogens with one attached hydrogen (secondary N) is 1. The first-order chi connectivity index (χ1) is 8.19. The van der Waals surface area contributed by atoms with Crippen LogP contribution in [0.25, 0.3) is 0 Å². The zero-order chi connectivity index (χ0) is 12.7. The number of hydrogen-bond acceptors (Lipinski definition) is 3. The fourth-order valence-corrected chi connectivity index (χ4v) is 1.68. The van der Waals surface area contributed by atoms with E-state index in [1.807, 2.05) is 44.0 Å². The van der Waals surface area contributed by atoms with Crippen LogP contribution in [0.15, 0.2) is 24.5 Å². The molecule has 0 aliphatic rings. The summed E-state index contributed by atoms with van der Waals surface area (Å²) in [6.45, 7) is 7.92. The molecule has 0 aliphatic carbocycles. The Hall–Kier alpha value is -1.42. The highest BCUT2D eigenvalue weighted by atomic mass is 16.2. The van der Waals surface area contributed by atoms with Crippen LogP contribution in [0.3, 0.4) is 0 Å². The van der Waals surface area contributed by atoms with Gasteiger partial charge in [0.15, 0.2) is 0 Å². The van der Waals surface area contributed by atoms with Crippen molar-refractivity contribution >= 4 is 5.91 Å². The van der Waals surface area contributed by atoms with Crippen molar-refractivity contribution in [3.8, 4) is 0 Å². The topological polar surface area (TPSA) is 45.2 Å². The second-order valence-electron chi connectivity index (χ2n) is 3.95. The molecule has 0 saturated carbocycles. The van der Waals surface area contributed by atoms with Crippen LogP contribution in [0, 0.1) is 0 Å². The first kappa shape index (κ1) is 13.6. The van der Waals surface area contributed by atoms with Crippen LogP contribution in [0.1, 0.15) is 32.4 Å². The molecule has 17 heavy (non-hydrogen) atoms.